The number of aliphatic hydroxyl groups excluding tert-OH is 1. The molecule has 1 saturated heterocycles. The molecule has 0 aromatic carbocycles. The van der Waals surface area contributed by atoms with E-state index < -0.39 is 128 Å². The molecule has 1 rings (SSSR count). The van der Waals surface area contributed by atoms with Crippen molar-refractivity contribution in [2.24, 2.45) is 5.73 Å². The van der Waals surface area contributed by atoms with Crippen molar-refractivity contribution in [2.45, 2.75) is 231 Å². The third-order valence-electron chi connectivity index (χ3n) is 11.9. The van der Waals surface area contributed by atoms with Crippen LogP contribution in [0.1, 0.15) is 183 Å². The number of carbonyl (C=O) groups excluding carboxylic acids is 8. The summed E-state index contributed by atoms with van der Waals surface area (Å²) in [6.07, 6.45) is 16.3. The van der Waals surface area contributed by atoms with Crippen molar-refractivity contribution >= 4 is 47.4 Å². The quantitative estimate of drug-likeness (QED) is 0.0250. The Kier molecular flexibility index (Phi) is 31.2. The lowest BCUT2D eigenvalue weighted by Crippen LogP contribution is -2.74. The molecule has 1 unspecified atom stereocenters. The van der Waals surface area contributed by atoms with Gasteiger partial charge in [0, 0.05) is 47.1 Å². The van der Waals surface area contributed by atoms with Crippen LogP contribution in [0, 0.1) is 0 Å². The summed E-state index contributed by atoms with van der Waals surface area (Å²) in [6.45, 7) is 6.01. The van der Waals surface area contributed by atoms with Crippen LogP contribution in [0.3, 0.4) is 0 Å². The fraction of sp³-hybridized carbons (Fsp3) is 0.833. The molecule has 0 aromatic heterocycles. The fourth-order valence-corrected chi connectivity index (χ4v) is 8.25. The Hall–Kier alpha value is -4.04. The van der Waals surface area contributed by atoms with Crippen molar-refractivity contribution in [1.29, 1.82) is 0 Å². The second-order valence-electron chi connectivity index (χ2n) is 17.8. The molecule has 1 aliphatic rings. The maximum atomic E-state index is 13.9. The number of hydrogen-bond donors (Lipinski definition) is 5. The van der Waals surface area contributed by atoms with E-state index in [9.17, 15) is 48.6 Å². The normalized spacial score (nSPS) is 20.5. The molecule has 67 heavy (non-hydrogen) atoms. The fourth-order valence-electron chi connectivity index (χ4n) is 8.25. The average Bonchev–Trinajstić information content (AvgIpc) is 3.25. The molecule has 6 N–H and O–H groups in total. The predicted molar refractivity (Wildman–Crippen MR) is 248 cm³/mol. The van der Waals surface area contributed by atoms with E-state index in [1.807, 2.05) is 0 Å². The first-order valence-corrected chi connectivity index (χ1v) is 24.6. The molecule has 8 atom stereocenters. The zero-order chi connectivity index (χ0) is 50.4. The van der Waals surface area contributed by atoms with Crippen LogP contribution in [0.5, 0.6) is 0 Å². The van der Waals surface area contributed by atoms with Gasteiger partial charge in [0.1, 0.15) is 36.9 Å². The molecule has 0 radical (unpaired) electrons. The highest BCUT2D eigenvalue weighted by Gasteiger charge is 2.60. The highest BCUT2D eigenvalue weighted by atomic mass is 16.7. The van der Waals surface area contributed by atoms with Gasteiger partial charge in [-0.2, -0.15) is 0 Å². The number of Topliss-reactive ketones (excluding diaryl/α,β-unsaturated/α-hetero) is 1. The van der Waals surface area contributed by atoms with Gasteiger partial charge in [-0.25, -0.2) is 0 Å². The molecule has 0 spiro atoms. The van der Waals surface area contributed by atoms with Crippen LogP contribution in [0.25, 0.3) is 0 Å². The Morgan fingerprint density at radius 2 is 1.22 bits per heavy atom. The average molecular weight is 957 g/mol. The van der Waals surface area contributed by atoms with Gasteiger partial charge >= 0.3 is 23.9 Å². The van der Waals surface area contributed by atoms with Crippen molar-refractivity contribution in [1.82, 2.24) is 15.5 Å². The largest absolute Gasteiger partial charge is 0.463 e. The number of carbonyl (C=O) groups is 8. The van der Waals surface area contributed by atoms with Gasteiger partial charge in [-0.3, -0.25) is 38.4 Å². The number of ether oxygens (including phenoxy) is 5. The number of ketones is 1. The number of rotatable bonds is 37. The molecule has 0 bridgehead atoms. The molecule has 0 aromatic rings. The van der Waals surface area contributed by atoms with E-state index in [2.05, 4.69) is 17.6 Å². The summed E-state index contributed by atoms with van der Waals surface area (Å²) in [5, 5.41) is 26.6. The molecule has 19 nitrogen and oxygen atoms in total. The second kappa shape index (κ2) is 34.3. The van der Waals surface area contributed by atoms with E-state index >= 15 is 0 Å². The molecule has 1 fully saturated rings. The summed E-state index contributed by atoms with van der Waals surface area (Å²) in [6, 6.07) is -4.52. The van der Waals surface area contributed by atoms with Crippen molar-refractivity contribution in [3.63, 3.8) is 0 Å². The summed E-state index contributed by atoms with van der Waals surface area (Å²) in [7, 11) is 1.38. The maximum absolute atomic E-state index is 13.9. The van der Waals surface area contributed by atoms with E-state index in [4.69, 9.17) is 29.4 Å². The standard InChI is InChI=1S/C48H84N4O15/c1-8-9-10-11-12-13-14-15-16-17-18-19-20-21-22-23-24-25-26-27-41(58)66-42(59)29-28-39(46(49)60)52(47(61)38(31-53)50-7)30-33(2)64-44-43(65-37(6)57)40(32-63-36(5)56)67-48(62,34(3)54)45(44)51-35(4)55/h33,38-40,43-45,50,53,62H,8-32H2,1-7H3,(H2,49,60)(H,51,55)/t33?,38-,39+,40+,43+,44-,45+,48-/m0/s1. The van der Waals surface area contributed by atoms with E-state index in [0.717, 1.165) is 58.3 Å². The van der Waals surface area contributed by atoms with Crippen molar-refractivity contribution < 1.29 is 72.3 Å². The molecule has 386 valence electrons. The molecule has 3 amide bonds. The number of aliphatic hydroxyl groups is 2. The number of likely N-dealkylation sites (N-methyl/N-ethyl adjacent to an activating group) is 1. The summed E-state index contributed by atoms with van der Waals surface area (Å²) in [4.78, 5) is 103. The molecule has 19 heteroatoms. The van der Waals surface area contributed by atoms with Gasteiger partial charge < -0.3 is 55.2 Å². The SMILES string of the molecule is CCCCCCCCCCCCCCCCCCCCCC(=O)OC(=O)CC[C@H](C(N)=O)N(CC(C)O[C@H]1[C@H](OC(C)=O)[C@@H](COC(C)=O)O[C@@](O)(C(C)=O)[C@@H]1NC(C)=O)C(=O)[C@H](CO)NC. The van der Waals surface area contributed by atoms with Crippen LogP contribution in [0.15, 0.2) is 0 Å². The van der Waals surface area contributed by atoms with Crippen LogP contribution >= 0.6 is 0 Å². The van der Waals surface area contributed by atoms with Gasteiger partial charge in [0.05, 0.1) is 12.7 Å². The highest BCUT2D eigenvalue weighted by Crippen LogP contribution is 2.34. The number of unbranched alkanes of at least 4 members (excludes halogenated alkanes) is 18. The minimum atomic E-state index is -2.81. The number of nitrogens with one attached hydrogen (secondary N) is 2. The lowest BCUT2D eigenvalue weighted by atomic mass is 9.87. The minimum absolute atomic E-state index is 0.0319. The van der Waals surface area contributed by atoms with E-state index in [1.54, 1.807) is 0 Å². The number of hydrogen-bond acceptors (Lipinski definition) is 16. The molecule has 1 aliphatic heterocycles. The van der Waals surface area contributed by atoms with Crippen LogP contribution in [0.2, 0.25) is 0 Å². The first kappa shape index (κ1) is 61.0. The van der Waals surface area contributed by atoms with Crippen LogP contribution in [0.4, 0.5) is 0 Å². The molecule has 0 aliphatic carbocycles. The maximum Gasteiger partial charge on any atom is 0.313 e. The van der Waals surface area contributed by atoms with Crippen LogP contribution in [-0.2, 0) is 62.0 Å². The summed E-state index contributed by atoms with van der Waals surface area (Å²) in [5.74, 6) is -9.75. The lowest BCUT2D eigenvalue weighted by molar-refractivity contribution is -0.312. The Bertz CT molecular complexity index is 1530. The predicted octanol–water partition coefficient (Wildman–Crippen LogP) is 4.37. The lowest BCUT2D eigenvalue weighted by Gasteiger charge is -2.49. The van der Waals surface area contributed by atoms with E-state index in [0.29, 0.717) is 6.42 Å². The topological polar surface area (TPSA) is 276 Å². The first-order valence-electron chi connectivity index (χ1n) is 24.6. The first-order chi connectivity index (χ1) is 31.8. The van der Waals surface area contributed by atoms with Crippen molar-refractivity contribution in [2.75, 3.05) is 26.8 Å². The van der Waals surface area contributed by atoms with Gasteiger partial charge in [-0.15, -0.1) is 0 Å². The number of amides is 3. The van der Waals surface area contributed by atoms with Gasteiger partial charge in [-0.05, 0) is 26.8 Å². The Balaban J connectivity index is 2.86. The summed E-state index contributed by atoms with van der Waals surface area (Å²) >= 11 is 0. The third-order valence-corrected chi connectivity index (χ3v) is 11.9. The number of primary amides is 1. The summed E-state index contributed by atoms with van der Waals surface area (Å²) in [5.41, 5.74) is 5.78. The van der Waals surface area contributed by atoms with E-state index in [-0.39, 0.29) is 6.42 Å². The number of nitrogens with zero attached hydrogens (tertiary/aromatic N) is 1. The van der Waals surface area contributed by atoms with E-state index in [1.165, 1.54) is 104 Å². The van der Waals surface area contributed by atoms with Crippen molar-refractivity contribution in [3.8, 4) is 0 Å². The monoisotopic (exact) mass is 957 g/mol. The number of nitrogens with two attached hydrogens (primary N) is 1. The van der Waals surface area contributed by atoms with Crippen LogP contribution in [-0.4, -0.2) is 138 Å². The number of esters is 4. The molecular formula is C48H84N4O15. The van der Waals surface area contributed by atoms with Gasteiger partial charge in [-0.1, -0.05) is 122 Å². The summed E-state index contributed by atoms with van der Waals surface area (Å²) < 4.78 is 27.5. The Morgan fingerprint density at radius 1 is 0.731 bits per heavy atom. The van der Waals surface area contributed by atoms with Crippen molar-refractivity contribution in [3.05, 3.63) is 0 Å². The Labute approximate surface area is 398 Å². The third kappa shape index (κ3) is 24.2. The zero-order valence-electron chi connectivity index (χ0n) is 41.4. The van der Waals surface area contributed by atoms with Gasteiger partial charge in [0.15, 0.2) is 11.9 Å². The second-order valence-corrected chi connectivity index (χ2v) is 17.8. The zero-order valence-corrected chi connectivity index (χ0v) is 41.4. The molecular weight excluding hydrogens is 873 g/mol. The van der Waals surface area contributed by atoms with Gasteiger partial charge in [0.25, 0.3) is 0 Å². The molecule has 1 heterocycles. The Morgan fingerprint density at radius 3 is 1.64 bits per heavy atom. The minimum Gasteiger partial charge on any atom is -0.463 e. The van der Waals surface area contributed by atoms with Crippen LogP contribution < -0.4 is 16.4 Å². The molecule has 0 saturated carbocycles. The smallest absolute Gasteiger partial charge is 0.313 e. The van der Waals surface area contributed by atoms with Gasteiger partial charge in [0.2, 0.25) is 23.5 Å². The highest BCUT2D eigenvalue weighted by molar-refractivity contribution is 5.90.